The van der Waals surface area contributed by atoms with Crippen LogP contribution in [-0.2, 0) is 0 Å². The Morgan fingerprint density at radius 1 is 0.738 bits per heavy atom. The Morgan fingerprint density at radius 3 is 1.74 bits per heavy atom. The fourth-order valence-electron chi connectivity index (χ4n) is 4.43. The van der Waals surface area contributed by atoms with Gasteiger partial charge in [0, 0.05) is 41.8 Å². The molecule has 1 amide bonds. The smallest absolute Gasteiger partial charge is 0.256 e. The van der Waals surface area contributed by atoms with Gasteiger partial charge >= 0.3 is 0 Å². The number of carbonyl (C=O) groups is 2. The molecule has 0 unspecified atom stereocenters. The van der Waals surface area contributed by atoms with Crippen LogP contribution in [0.4, 0.5) is 0 Å². The number of amides is 1. The van der Waals surface area contributed by atoms with Crippen molar-refractivity contribution in [1.82, 2.24) is 15.3 Å². The van der Waals surface area contributed by atoms with Crippen molar-refractivity contribution >= 4 is 34.9 Å². The first-order valence-corrected chi connectivity index (χ1v) is 14.0. The maximum absolute atomic E-state index is 12.6. The molecule has 5 N–H and O–H groups in total. The largest absolute Gasteiger partial charge is 0.480 e. The molecule has 218 valence electrons. The lowest BCUT2D eigenvalue weighted by atomic mass is 9.97. The van der Waals surface area contributed by atoms with Gasteiger partial charge in [-0.2, -0.15) is 0 Å². The van der Waals surface area contributed by atoms with Gasteiger partial charge < -0.3 is 26.3 Å². The van der Waals surface area contributed by atoms with Crippen molar-refractivity contribution in [3.63, 3.8) is 0 Å². The van der Waals surface area contributed by atoms with E-state index in [2.05, 4.69) is 15.3 Å². The number of nitrogens with one attached hydrogen (secondary N) is 1. The normalized spacial score (nSPS) is 10.8. The third-order valence-corrected chi connectivity index (χ3v) is 7.34. The highest BCUT2D eigenvalue weighted by Crippen LogP contribution is 2.42. The van der Waals surface area contributed by atoms with Gasteiger partial charge in [-0.25, -0.2) is 9.97 Å². The number of ether oxygens (including phenoxy) is 2. The fraction of sp³-hybridized carbons (Fsp3) is 0.226. The SMILES string of the molecule is COc1nc(-c2cccc(-c3cccc(-c4ccc(C(=O)NCCN)c(OC)n4)c3Cl)c2Cl)ccc1C(=O)CCCN. The zero-order valence-electron chi connectivity index (χ0n) is 23.2. The van der Waals surface area contributed by atoms with Crippen LogP contribution < -0.4 is 26.3 Å². The van der Waals surface area contributed by atoms with Crippen molar-refractivity contribution in [2.75, 3.05) is 33.9 Å². The highest BCUT2D eigenvalue weighted by Gasteiger charge is 2.20. The predicted molar refractivity (Wildman–Crippen MR) is 165 cm³/mol. The number of halogens is 2. The Hall–Kier alpha value is -4.02. The van der Waals surface area contributed by atoms with Gasteiger partial charge in [-0.1, -0.05) is 59.6 Å². The molecule has 42 heavy (non-hydrogen) atoms. The van der Waals surface area contributed by atoms with E-state index < -0.39 is 0 Å². The van der Waals surface area contributed by atoms with E-state index in [0.29, 0.717) is 81.7 Å². The number of nitrogens with zero attached hydrogens (tertiary/aromatic N) is 2. The summed E-state index contributed by atoms with van der Waals surface area (Å²) in [4.78, 5) is 34.2. The van der Waals surface area contributed by atoms with Crippen molar-refractivity contribution in [2.24, 2.45) is 11.5 Å². The van der Waals surface area contributed by atoms with Crippen LogP contribution in [0.1, 0.15) is 33.6 Å². The minimum Gasteiger partial charge on any atom is -0.480 e. The van der Waals surface area contributed by atoms with Crippen molar-refractivity contribution in [3.05, 3.63) is 81.8 Å². The number of methoxy groups -OCH3 is 2. The molecule has 2 aromatic heterocycles. The van der Waals surface area contributed by atoms with E-state index in [-0.39, 0.29) is 29.0 Å². The molecule has 0 bridgehead atoms. The topological polar surface area (TPSA) is 142 Å². The Morgan fingerprint density at radius 2 is 1.24 bits per heavy atom. The molecule has 11 heteroatoms. The van der Waals surface area contributed by atoms with Crippen LogP contribution >= 0.6 is 23.2 Å². The molecule has 9 nitrogen and oxygen atoms in total. The van der Waals surface area contributed by atoms with Gasteiger partial charge in [0.05, 0.1) is 41.2 Å². The number of nitrogens with two attached hydrogens (primary N) is 2. The van der Waals surface area contributed by atoms with Crippen molar-refractivity contribution in [1.29, 1.82) is 0 Å². The Balaban J connectivity index is 1.73. The van der Waals surface area contributed by atoms with Gasteiger partial charge in [0.1, 0.15) is 5.56 Å². The maximum Gasteiger partial charge on any atom is 0.256 e. The van der Waals surface area contributed by atoms with Gasteiger partial charge in [0.15, 0.2) is 5.78 Å². The van der Waals surface area contributed by atoms with Crippen LogP contribution in [0.5, 0.6) is 11.8 Å². The quantitative estimate of drug-likeness (QED) is 0.181. The van der Waals surface area contributed by atoms with E-state index in [1.165, 1.54) is 14.2 Å². The highest BCUT2D eigenvalue weighted by molar-refractivity contribution is 6.39. The van der Waals surface area contributed by atoms with E-state index >= 15 is 0 Å². The molecule has 0 spiro atoms. The molecular formula is C31H31Cl2N5O4. The van der Waals surface area contributed by atoms with Crippen LogP contribution in [0.3, 0.4) is 0 Å². The van der Waals surface area contributed by atoms with Crippen molar-refractivity contribution in [3.8, 4) is 45.4 Å². The second-order valence-corrected chi connectivity index (χ2v) is 9.96. The molecule has 0 aliphatic rings. The molecule has 4 rings (SSSR count). The number of pyridine rings is 2. The lowest BCUT2D eigenvalue weighted by molar-refractivity contribution is 0.0948. The molecule has 0 fully saturated rings. The van der Waals surface area contributed by atoms with Crippen LogP contribution in [0, 0.1) is 0 Å². The Kier molecular flexibility index (Phi) is 10.5. The predicted octanol–water partition coefficient (Wildman–Crippen LogP) is 5.41. The van der Waals surface area contributed by atoms with Crippen LogP contribution in [0.2, 0.25) is 10.0 Å². The van der Waals surface area contributed by atoms with Gasteiger partial charge in [-0.3, -0.25) is 9.59 Å². The standard InChI is InChI=1S/C31H31Cl2N5O4/c1-41-30-22(26(39)10-5-15-34)11-13-24(37-30)20-8-3-6-18(27(20)32)19-7-4-9-21(28(19)33)25-14-12-23(31(38-25)42-2)29(40)36-17-16-35/h3-4,6-9,11-14H,5,10,15-17,34-35H2,1-2H3,(H,36,40). The molecule has 0 aliphatic carbocycles. The number of benzene rings is 2. The van der Waals surface area contributed by atoms with E-state index in [4.69, 9.17) is 44.1 Å². The number of hydrogen-bond acceptors (Lipinski definition) is 8. The van der Waals surface area contributed by atoms with E-state index in [0.717, 1.165) is 0 Å². The highest BCUT2D eigenvalue weighted by atomic mass is 35.5. The number of ketones is 1. The molecule has 0 saturated carbocycles. The van der Waals surface area contributed by atoms with Gasteiger partial charge in [0.2, 0.25) is 11.8 Å². The summed E-state index contributed by atoms with van der Waals surface area (Å²) >= 11 is 13.9. The summed E-state index contributed by atoms with van der Waals surface area (Å²) in [7, 11) is 2.91. The van der Waals surface area contributed by atoms with Crippen molar-refractivity contribution < 1.29 is 19.1 Å². The van der Waals surface area contributed by atoms with Crippen LogP contribution in [0.25, 0.3) is 33.6 Å². The third kappa shape index (κ3) is 6.55. The molecule has 2 aromatic carbocycles. The van der Waals surface area contributed by atoms with Crippen LogP contribution in [-0.4, -0.2) is 55.5 Å². The Bertz CT molecular complexity index is 1490. The lowest BCUT2D eigenvalue weighted by Crippen LogP contribution is -2.29. The first-order valence-electron chi connectivity index (χ1n) is 13.2. The monoisotopic (exact) mass is 607 g/mol. The molecule has 2 heterocycles. The second-order valence-electron chi connectivity index (χ2n) is 9.20. The molecule has 4 aromatic rings. The fourth-order valence-corrected chi connectivity index (χ4v) is 5.08. The van der Waals surface area contributed by atoms with E-state index in [9.17, 15) is 9.59 Å². The lowest BCUT2D eigenvalue weighted by Gasteiger charge is -2.15. The summed E-state index contributed by atoms with van der Waals surface area (Å²) in [5, 5.41) is 3.55. The van der Waals surface area contributed by atoms with E-state index in [1.807, 2.05) is 36.4 Å². The number of hydrogen-bond donors (Lipinski definition) is 3. The molecule has 0 radical (unpaired) electrons. The molecule has 0 aliphatic heterocycles. The average Bonchev–Trinajstić information content (AvgIpc) is 3.02. The number of aromatic nitrogens is 2. The van der Waals surface area contributed by atoms with Gasteiger partial charge in [0.25, 0.3) is 5.91 Å². The summed E-state index contributed by atoms with van der Waals surface area (Å²) < 4.78 is 10.8. The summed E-state index contributed by atoms with van der Waals surface area (Å²) in [6.45, 7) is 1.07. The summed E-state index contributed by atoms with van der Waals surface area (Å²) in [6.07, 6.45) is 0.887. The number of rotatable bonds is 12. The molecular weight excluding hydrogens is 577 g/mol. The maximum atomic E-state index is 12.6. The van der Waals surface area contributed by atoms with Gasteiger partial charge in [-0.15, -0.1) is 0 Å². The summed E-state index contributed by atoms with van der Waals surface area (Å²) in [6, 6.07) is 17.8. The number of Topliss-reactive ketones (excluding diaryl/α,β-unsaturated/α-hetero) is 1. The van der Waals surface area contributed by atoms with Gasteiger partial charge in [-0.05, 0) is 37.2 Å². The summed E-state index contributed by atoms with van der Waals surface area (Å²) in [5.41, 5.74) is 15.4. The zero-order valence-corrected chi connectivity index (χ0v) is 24.8. The summed E-state index contributed by atoms with van der Waals surface area (Å²) in [5.74, 6) is -0.0445. The van der Waals surface area contributed by atoms with E-state index in [1.54, 1.807) is 24.3 Å². The van der Waals surface area contributed by atoms with Crippen molar-refractivity contribution in [2.45, 2.75) is 12.8 Å². The first kappa shape index (κ1) is 30.9. The number of carbonyl (C=O) groups excluding carboxylic acids is 2. The minimum absolute atomic E-state index is 0.0887. The third-order valence-electron chi connectivity index (χ3n) is 6.53. The zero-order chi connectivity index (χ0) is 30.2. The van der Waals surface area contributed by atoms with Crippen LogP contribution in [0.15, 0.2) is 60.7 Å². The Labute approximate surface area is 254 Å². The molecule has 0 atom stereocenters. The first-order chi connectivity index (χ1) is 20.3. The minimum atomic E-state index is -0.335. The second kappa shape index (κ2) is 14.2. The average molecular weight is 609 g/mol. The molecule has 0 saturated heterocycles.